The molecule has 0 saturated heterocycles. The standard InChI is InChI=1S/C19H26N2O2/c1-12(2)8-7-9-13(3)20-19(23)18(22)17-14(4)21-16-11-6-5-10-15(16)17/h5-6,10-13,21H,7-9H2,1-4H3,(H,20,23). The predicted molar refractivity (Wildman–Crippen MR) is 93.7 cm³/mol. The second kappa shape index (κ2) is 7.44. The zero-order valence-electron chi connectivity index (χ0n) is 14.4. The number of benzene rings is 1. The SMILES string of the molecule is Cc1[nH]c2ccccc2c1C(=O)C(=O)NC(C)CCCC(C)C. The van der Waals surface area contributed by atoms with Gasteiger partial charge in [0.25, 0.3) is 11.7 Å². The minimum Gasteiger partial charge on any atom is -0.358 e. The average molecular weight is 314 g/mol. The zero-order chi connectivity index (χ0) is 17.0. The number of amides is 1. The molecule has 1 aromatic carbocycles. The number of carbonyl (C=O) groups excluding carboxylic acids is 2. The fourth-order valence-corrected chi connectivity index (χ4v) is 2.88. The first-order valence-electron chi connectivity index (χ1n) is 8.32. The summed E-state index contributed by atoms with van der Waals surface area (Å²) in [4.78, 5) is 28.0. The van der Waals surface area contributed by atoms with Crippen LogP contribution in [-0.4, -0.2) is 22.7 Å². The van der Waals surface area contributed by atoms with Crippen molar-refractivity contribution in [2.75, 3.05) is 0 Å². The molecule has 1 amide bonds. The van der Waals surface area contributed by atoms with Crippen LogP contribution in [0.2, 0.25) is 0 Å². The van der Waals surface area contributed by atoms with Gasteiger partial charge in [-0.2, -0.15) is 0 Å². The second-order valence-corrected chi connectivity index (χ2v) is 6.70. The van der Waals surface area contributed by atoms with Crippen molar-refractivity contribution in [3.63, 3.8) is 0 Å². The number of nitrogens with one attached hydrogen (secondary N) is 2. The van der Waals surface area contributed by atoms with E-state index >= 15 is 0 Å². The minimum atomic E-state index is -0.519. The highest BCUT2D eigenvalue weighted by Gasteiger charge is 2.23. The van der Waals surface area contributed by atoms with Crippen LogP contribution in [0.5, 0.6) is 0 Å². The molecule has 2 rings (SSSR count). The molecule has 1 heterocycles. The molecule has 0 spiro atoms. The third kappa shape index (κ3) is 4.21. The molecule has 4 nitrogen and oxygen atoms in total. The molecule has 23 heavy (non-hydrogen) atoms. The highest BCUT2D eigenvalue weighted by Crippen LogP contribution is 2.22. The first kappa shape index (κ1) is 17.3. The van der Waals surface area contributed by atoms with Crippen LogP contribution in [0.15, 0.2) is 24.3 Å². The third-order valence-corrected chi connectivity index (χ3v) is 4.12. The van der Waals surface area contributed by atoms with Gasteiger partial charge in [0.05, 0.1) is 5.56 Å². The maximum absolute atomic E-state index is 12.5. The quantitative estimate of drug-likeness (QED) is 0.599. The van der Waals surface area contributed by atoms with E-state index in [9.17, 15) is 9.59 Å². The number of hydrogen-bond acceptors (Lipinski definition) is 2. The van der Waals surface area contributed by atoms with Crippen LogP contribution in [0.25, 0.3) is 10.9 Å². The summed E-state index contributed by atoms with van der Waals surface area (Å²) in [6.45, 7) is 8.15. The van der Waals surface area contributed by atoms with Crippen molar-refractivity contribution in [2.24, 2.45) is 5.92 Å². The van der Waals surface area contributed by atoms with E-state index in [1.165, 1.54) is 0 Å². The van der Waals surface area contributed by atoms with Crippen LogP contribution in [0.1, 0.15) is 56.1 Å². The van der Waals surface area contributed by atoms with Crippen molar-refractivity contribution >= 4 is 22.6 Å². The third-order valence-electron chi connectivity index (χ3n) is 4.12. The smallest absolute Gasteiger partial charge is 0.292 e. The number of Topliss-reactive ketones (excluding diaryl/α,β-unsaturated/α-hetero) is 1. The fraction of sp³-hybridized carbons (Fsp3) is 0.474. The molecule has 1 unspecified atom stereocenters. The summed E-state index contributed by atoms with van der Waals surface area (Å²) in [6, 6.07) is 7.56. The van der Waals surface area contributed by atoms with Crippen molar-refractivity contribution < 1.29 is 9.59 Å². The van der Waals surface area contributed by atoms with Crippen LogP contribution in [0, 0.1) is 12.8 Å². The number of carbonyl (C=O) groups is 2. The Kier molecular flexibility index (Phi) is 5.59. The number of aromatic amines is 1. The van der Waals surface area contributed by atoms with Gasteiger partial charge in [-0.25, -0.2) is 0 Å². The van der Waals surface area contributed by atoms with Gasteiger partial charge >= 0.3 is 0 Å². The van der Waals surface area contributed by atoms with E-state index in [0.29, 0.717) is 11.5 Å². The molecule has 1 aromatic heterocycles. The molecule has 0 aliphatic heterocycles. The van der Waals surface area contributed by atoms with E-state index in [1.807, 2.05) is 38.1 Å². The summed E-state index contributed by atoms with van der Waals surface area (Å²) in [5, 5.41) is 3.63. The average Bonchev–Trinajstić information content (AvgIpc) is 2.81. The predicted octanol–water partition coefficient (Wildman–Crippen LogP) is 3.99. The van der Waals surface area contributed by atoms with Crippen molar-refractivity contribution in [2.45, 2.75) is 53.0 Å². The lowest BCUT2D eigenvalue weighted by atomic mass is 10.0. The number of aryl methyl sites for hydroxylation is 1. The van der Waals surface area contributed by atoms with Gasteiger partial charge in [-0.15, -0.1) is 0 Å². The van der Waals surface area contributed by atoms with Crippen LogP contribution in [0.4, 0.5) is 0 Å². The van der Waals surface area contributed by atoms with Crippen molar-refractivity contribution in [3.8, 4) is 0 Å². The number of ketones is 1. The summed E-state index contributed by atoms with van der Waals surface area (Å²) in [5.41, 5.74) is 2.09. The van der Waals surface area contributed by atoms with Crippen LogP contribution in [0.3, 0.4) is 0 Å². The molecular formula is C19H26N2O2. The molecule has 0 radical (unpaired) electrons. The lowest BCUT2D eigenvalue weighted by Crippen LogP contribution is -2.37. The Morgan fingerprint density at radius 1 is 1.13 bits per heavy atom. The summed E-state index contributed by atoms with van der Waals surface area (Å²) in [6.07, 6.45) is 3.08. The Hall–Kier alpha value is -2.10. The Bertz CT molecular complexity index is 700. The lowest BCUT2D eigenvalue weighted by Gasteiger charge is -2.14. The summed E-state index contributed by atoms with van der Waals surface area (Å²) < 4.78 is 0. The van der Waals surface area contributed by atoms with Gasteiger partial charge in [0.2, 0.25) is 0 Å². The van der Waals surface area contributed by atoms with Gasteiger partial charge in [0.1, 0.15) is 0 Å². The van der Waals surface area contributed by atoms with Crippen molar-refractivity contribution in [1.29, 1.82) is 0 Å². The molecule has 1 atom stereocenters. The van der Waals surface area contributed by atoms with Crippen LogP contribution in [-0.2, 0) is 4.79 Å². The molecule has 2 N–H and O–H groups in total. The number of para-hydroxylation sites is 1. The van der Waals surface area contributed by atoms with Gasteiger partial charge < -0.3 is 10.3 Å². The number of fused-ring (bicyclic) bond motifs is 1. The van der Waals surface area contributed by atoms with E-state index in [1.54, 1.807) is 0 Å². The summed E-state index contributed by atoms with van der Waals surface area (Å²) >= 11 is 0. The van der Waals surface area contributed by atoms with E-state index in [2.05, 4.69) is 24.1 Å². The maximum atomic E-state index is 12.5. The minimum absolute atomic E-state index is 0.00992. The Balaban J connectivity index is 2.04. The Morgan fingerprint density at radius 3 is 2.52 bits per heavy atom. The molecule has 0 saturated carbocycles. The highest BCUT2D eigenvalue weighted by molar-refractivity contribution is 6.45. The highest BCUT2D eigenvalue weighted by atomic mass is 16.2. The molecular weight excluding hydrogens is 288 g/mol. The van der Waals surface area contributed by atoms with Gasteiger partial charge in [-0.05, 0) is 32.3 Å². The van der Waals surface area contributed by atoms with Gasteiger partial charge in [-0.3, -0.25) is 9.59 Å². The van der Waals surface area contributed by atoms with E-state index in [0.717, 1.165) is 35.9 Å². The monoisotopic (exact) mass is 314 g/mol. The molecule has 124 valence electrons. The summed E-state index contributed by atoms with van der Waals surface area (Å²) in [7, 11) is 0. The van der Waals surface area contributed by atoms with E-state index in [4.69, 9.17) is 0 Å². The van der Waals surface area contributed by atoms with Crippen LogP contribution >= 0.6 is 0 Å². The second-order valence-electron chi connectivity index (χ2n) is 6.70. The molecule has 0 bridgehead atoms. The van der Waals surface area contributed by atoms with Gasteiger partial charge in [-0.1, -0.05) is 44.9 Å². The lowest BCUT2D eigenvalue weighted by molar-refractivity contribution is -0.117. The van der Waals surface area contributed by atoms with E-state index in [-0.39, 0.29) is 6.04 Å². The van der Waals surface area contributed by atoms with Crippen molar-refractivity contribution in [1.82, 2.24) is 10.3 Å². The first-order valence-corrected chi connectivity index (χ1v) is 8.32. The normalized spacial score (nSPS) is 12.6. The molecule has 0 aliphatic carbocycles. The molecule has 0 aliphatic rings. The summed E-state index contributed by atoms with van der Waals surface area (Å²) in [5.74, 6) is -0.320. The number of H-pyrrole nitrogens is 1. The van der Waals surface area contributed by atoms with Gasteiger partial charge in [0, 0.05) is 22.6 Å². The maximum Gasteiger partial charge on any atom is 0.292 e. The molecule has 0 fully saturated rings. The zero-order valence-corrected chi connectivity index (χ0v) is 14.4. The van der Waals surface area contributed by atoms with Crippen LogP contribution < -0.4 is 5.32 Å². The Morgan fingerprint density at radius 2 is 1.83 bits per heavy atom. The number of rotatable bonds is 7. The Labute approximate surface area is 137 Å². The fourth-order valence-electron chi connectivity index (χ4n) is 2.88. The molecule has 4 heteroatoms. The molecule has 2 aromatic rings. The van der Waals surface area contributed by atoms with E-state index < -0.39 is 11.7 Å². The number of aromatic nitrogens is 1. The van der Waals surface area contributed by atoms with Crippen molar-refractivity contribution in [3.05, 3.63) is 35.5 Å². The first-order chi connectivity index (χ1) is 10.9. The largest absolute Gasteiger partial charge is 0.358 e. The topological polar surface area (TPSA) is 62.0 Å². The van der Waals surface area contributed by atoms with Gasteiger partial charge in [0.15, 0.2) is 0 Å². The number of hydrogen-bond donors (Lipinski definition) is 2.